The molecule has 2 N–H and O–H groups in total. The second-order valence-electron chi connectivity index (χ2n) is 5.37. The van der Waals surface area contributed by atoms with Crippen molar-refractivity contribution in [3.63, 3.8) is 0 Å². The fourth-order valence-corrected chi connectivity index (χ4v) is 3.10. The maximum atomic E-state index is 12.0. The lowest BCUT2D eigenvalue weighted by Crippen LogP contribution is -2.16. The normalized spacial score (nSPS) is 10.6. The minimum atomic E-state index is -0.656. The molecule has 3 rings (SSSR count). The zero-order chi connectivity index (χ0) is 18.8. The Bertz CT molecular complexity index is 995. The van der Waals surface area contributed by atoms with Crippen LogP contribution < -0.4 is 19.6 Å². The molecule has 0 saturated carbocycles. The highest BCUT2D eigenvalue weighted by molar-refractivity contribution is 6.34. The molecule has 0 fully saturated rings. The molecule has 0 aliphatic heterocycles. The van der Waals surface area contributed by atoms with E-state index in [9.17, 15) is 4.79 Å². The van der Waals surface area contributed by atoms with Gasteiger partial charge in [-0.25, -0.2) is 0 Å². The van der Waals surface area contributed by atoms with Crippen LogP contribution in [0.1, 0.15) is 10.4 Å². The third kappa shape index (κ3) is 3.21. The molecule has 0 spiro atoms. The number of ether oxygens (including phenoxy) is 2. The van der Waals surface area contributed by atoms with Gasteiger partial charge in [0.2, 0.25) is 0 Å². The van der Waals surface area contributed by atoms with Crippen LogP contribution in [0, 0.1) is 0 Å². The Morgan fingerprint density at radius 2 is 1.85 bits per heavy atom. The largest absolute Gasteiger partial charge is 0.493 e. The predicted octanol–water partition coefficient (Wildman–Crippen LogP) is 4.30. The minimum absolute atomic E-state index is 0.166. The number of hydrogen-bond donors (Lipinski definition) is 1. The van der Waals surface area contributed by atoms with E-state index in [1.807, 2.05) is 0 Å². The third-order valence-corrected chi connectivity index (χ3v) is 4.44. The second-order valence-corrected chi connectivity index (χ2v) is 6.14. The highest BCUT2D eigenvalue weighted by Gasteiger charge is 2.21. The van der Waals surface area contributed by atoms with Crippen molar-refractivity contribution in [3.05, 3.63) is 53.2 Å². The van der Waals surface area contributed by atoms with E-state index in [4.69, 9.17) is 38.6 Å². The van der Waals surface area contributed by atoms with Crippen LogP contribution in [-0.2, 0) is 0 Å². The summed E-state index contributed by atoms with van der Waals surface area (Å²) in [6.45, 7) is 0. The first-order valence-corrected chi connectivity index (χ1v) is 8.24. The van der Waals surface area contributed by atoms with Crippen molar-refractivity contribution in [2.24, 2.45) is 5.73 Å². The van der Waals surface area contributed by atoms with E-state index in [1.165, 1.54) is 24.8 Å². The van der Waals surface area contributed by atoms with Crippen molar-refractivity contribution in [2.45, 2.75) is 0 Å². The van der Waals surface area contributed by atoms with Gasteiger partial charge >= 0.3 is 0 Å². The van der Waals surface area contributed by atoms with Gasteiger partial charge in [-0.1, -0.05) is 17.7 Å². The number of fused-ring (bicyclic) bond motifs is 1. The molecule has 134 valence electrons. The van der Waals surface area contributed by atoms with E-state index in [-0.39, 0.29) is 5.56 Å². The summed E-state index contributed by atoms with van der Waals surface area (Å²) < 4.78 is 12.0. The van der Waals surface area contributed by atoms with E-state index in [0.717, 1.165) is 0 Å². The molecule has 8 heteroatoms. The number of pyridine rings is 1. The van der Waals surface area contributed by atoms with E-state index in [1.54, 1.807) is 36.4 Å². The average molecular weight is 392 g/mol. The fraction of sp³-hybridized carbons (Fsp3) is 0.111. The Morgan fingerprint density at radius 1 is 1.15 bits per heavy atom. The van der Waals surface area contributed by atoms with E-state index >= 15 is 0 Å². The van der Waals surface area contributed by atoms with Crippen LogP contribution in [0.2, 0.25) is 5.02 Å². The van der Waals surface area contributed by atoms with Gasteiger partial charge in [0.25, 0.3) is 5.91 Å². The van der Waals surface area contributed by atoms with Crippen LogP contribution in [0.25, 0.3) is 10.9 Å². The Kier molecular flexibility index (Phi) is 5.06. The molecule has 0 atom stereocenters. The number of carbonyl (C=O) groups is 1. The van der Waals surface area contributed by atoms with Gasteiger partial charge in [-0.15, -0.1) is 0 Å². The Balaban J connectivity index is 2.32. The maximum absolute atomic E-state index is 12.0. The van der Waals surface area contributed by atoms with Crippen LogP contribution in [0.15, 0.2) is 42.6 Å². The predicted molar refractivity (Wildman–Crippen MR) is 103 cm³/mol. The van der Waals surface area contributed by atoms with E-state index in [2.05, 4.69) is 4.98 Å². The number of primary amides is 1. The van der Waals surface area contributed by atoms with Gasteiger partial charge in [0.1, 0.15) is 0 Å². The summed E-state index contributed by atoms with van der Waals surface area (Å²) in [4.78, 5) is 16.3. The molecule has 2 aromatic carbocycles. The third-order valence-electron chi connectivity index (χ3n) is 3.84. The smallest absolute Gasteiger partial charge is 0.252 e. The number of methoxy groups -OCH3 is 2. The highest BCUT2D eigenvalue weighted by atomic mass is 35.5. The van der Waals surface area contributed by atoms with Crippen LogP contribution in [0.4, 0.5) is 11.4 Å². The molecule has 0 aliphatic carbocycles. The number of nitrogens with zero attached hydrogens (tertiary/aromatic N) is 2. The lowest BCUT2D eigenvalue weighted by molar-refractivity contribution is 0.100. The molecule has 1 heterocycles. The summed E-state index contributed by atoms with van der Waals surface area (Å²) in [6.07, 6.45) is 1.38. The topological polar surface area (TPSA) is 77.7 Å². The van der Waals surface area contributed by atoms with Crippen molar-refractivity contribution in [3.8, 4) is 11.5 Å². The Hall–Kier alpha value is -2.70. The molecule has 0 saturated heterocycles. The quantitative estimate of drug-likeness (QED) is 0.656. The Morgan fingerprint density at radius 3 is 2.46 bits per heavy atom. The molecule has 1 aromatic heterocycles. The molecule has 0 radical (unpaired) electrons. The lowest BCUT2D eigenvalue weighted by atomic mass is 10.1. The first kappa shape index (κ1) is 18.1. The summed E-state index contributed by atoms with van der Waals surface area (Å²) in [6, 6.07) is 10.3. The Labute approximate surface area is 160 Å². The fourth-order valence-electron chi connectivity index (χ4n) is 2.62. The van der Waals surface area contributed by atoms with E-state index < -0.39 is 5.91 Å². The van der Waals surface area contributed by atoms with Gasteiger partial charge in [-0.3, -0.25) is 14.2 Å². The van der Waals surface area contributed by atoms with Crippen molar-refractivity contribution in [2.75, 3.05) is 18.6 Å². The number of nitrogens with two attached hydrogens (primary N) is 1. The van der Waals surface area contributed by atoms with Gasteiger partial charge in [-0.2, -0.15) is 0 Å². The number of aromatic nitrogens is 1. The number of anilines is 2. The van der Waals surface area contributed by atoms with Gasteiger partial charge in [0.15, 0.2) is 11.5 Å². The molecule has 0 bridgehead atoms. The number of carbonyl (C=O) groups excluding carboxylic acids is 1. The van der Waals surface area contributed by atoms with Crippen LogP contribution in [-0.4, -0.2) is 25.1 Å². The maximum Gasteiger partial charge on any atom is 0.252 e. The molecule has 0 aliphatic rings. The monoisotopic (exact) mass is 391 g/mol. The molecule has 0 unspecified atom stereocenters. The number of benzene rings is 2. The van der Waals surface area contributed by atoms with Crippen LogP contribution >= 0.6 is 23.4 Å². The van der Waals surface area contributed by atoms with Gasteiger partial charge < -0.3 is 15.2 Å². The molecule has 26 heavy (non-hydrogen) atoms. The summed E-state index contributed by atoms with van der Waals surface area (Å²) in [5.41, 5.74) is 7.22. The van der Waals surface area contributed by atoms with E-state index in [0.29, 0.717) is 38.8 Å². The van der Waals surface area contributed by atoms with Crippen molar-refractivity contribution < 1.29 is 14.3 Å². The molecule has 3 aromatic rings. The van der Waals surface area contributed by atoms with Crippen molar-refractivity contribution in [1.29, 1.82) is 0 Å². The molecule has 1 amide bonds. The first-order chi connectivity index (χ1) is 12.5. The number of halogens is 2. The van der Waals surface area contributed by atoms with Gasteiger partial charge in [0.05, 0.1) is 36.7 Å². The number of amides is 1. The van der Waals surface area contributed by atoms with Crippen molar-refractivity contribution in [1.82, 2.24) is 4.98 Å². The molecular weight excluding hydrogens is 377 g/mol. The van der Waals surface area contributed by atoms with Crippen molar-refractivity contribution >= 4 is 51.6 Å². The highest BCUT2D eigenvalue weighted by Crippen LogP contribution is 2.41. The molecular formula is C18H15Cl2N3O3. The summed E-state index contributed by atoms with van der Waals surface area (Å²) in [7, 11) is 3.05. The SMILES string of the molecule is COc1cc2ncc(C(N)=O)c(N(Cl)c3cccc(Cl)c3)c2cc1OC. The van der Waals surface area contributed by atoms with Crippen LogP contribution in [0.5, 0.6) is 11.5 Å². The van der Waals surface area contributed by atoms with Crippen LogP contribution in [0.3, 0.4) is 0 Å². The minimum Gasteiger partial charge on any atom is -0.493 e. The average Bonchev–Trinajstić information content (AvgIpc) is 2.65. The molecule has 6 nitrogen and oxygen atoms in total. The van der Waals surface area contributed by atoms with Gasteiger partial charge in [0, 0.05) is 34.4 Å². The zero-order valence-electron chi connectivity index (χ0n) is 14.0. The number of hydrogen-bond acceptors (Lipinski definition) is 5. The first-order valence-electron chi connectivity index (χ1n) is 7.52. The second kappa shape index (κ2) is 7.27. The lowest BCUT2D eigenvalue weighted by Gasteiger charge is -2.21. The standard InChI is InChI=1S/C18H15Cl2N3O3/c1-25-15-7-12-14(8-16(15)26-2)22-9-13(18(21)24)17(12)23(20)11-5-3-4-10(19)6-11/h3-9H,1-2H3,(H2,21,24). The summed E-state index contributed by atoms with van der Waals surface area (Å²) in [5.74, 6) is 0.326. The zero-order valence-corrected chi connectivity index (χ0v) is 15.5. The summed E-state index contributed by atoms with van der Waals surface area (Å²) >= 11 is 12.6. The number of rotatable bonds is 5. The van der Waals surface area contributed by atoms with Gasteiger partial charge in [-0.05, 0) is 24.3 Å². The summed E-state index contributed by atoms with van der Waals surface area (Å²) in [5, 5.41) is 1.08.